The topological polar surface area (TPSA) is 159 Å². The molecule has 0 bridgehead atoms. The van der Waals surface area contributed by atoms with E-state index in [2.05, 4.69) is 0 Å². The largest absolute Gasteiger partial charge is 0.480 e. The Morgan fingerprint density at radius 3 is 2.41 bits per heavy atom. The van der Waals surface area contributed by atoms with Gasteiger partial charge in [-0.25, -0.2) is 0 Å². The fraction of sp³-hybridized carbons (Fsp3) is 0.333. The number of nitrogens with zero attached hydrogens (tertiary/aromatic N) is 1. The highest BCUT2D eigenvalue weighted by Gasteiger charge is 2.44. The SMILES string of the molecule is Cc1cc(-c2ccc3ccn(CC(=O)O)c(=O)c3c2)ccc1OC1OC(CO)C(O)C(O)C1O. The fourth-order valence-corrected chi connectivity index (χ4v) is 3.98. The summed E-state index contributed by atoms with van der Waals surface area (Å²) in [7, 11) is 0. The van der Waals surface area contributed by atoms with E-state index in [0.717, 1.165) is 15.7 Å². The number of hydrogen-bond donors (Lipinski definition) is 5. The van der Waals surface area contributed by atoms with Gasteiger partial charge in [0.05, 0.1) is 6.61 Å². The van der Waals surface area contributed by atoms with Gasteiger partial charge in [-0.1, -0.05) is 18.2 Å². The summed E-state index contributed by atoms with van der Waals surface area (Å²) in [5, 5.41) is 49.5. The van der Waals surface area contributed by atoms with Gasteiger partial charge in [0, 0.05) is 11.6 Å². The van der Waals surface area contributed by atoms with Crippen molar-refractivity contribution in [2.45, 2.75) is 44.2 Å². The lowest BCUT2D eigenvalue weighted by molar-refractivity contribution is -0.277. The lowest BCUT2D eigenvalue weighted by atomic mass is 9.99. The number of benzene rings is 2. The molecule has 180 valence electrons. The second kappa shape index (κ2) is 9.53. The molecule has 0 aliphatic carbocycles. The van der Waals surface area contributed by atoms with E-state index in [-0.39, 0.29) is 0 Å². The molecule has 3 aromatic rings. The average molecular weight is 471 g/mol. The smallest absolute Gasteiger partial charge is 0.323 e. The molecule has 0 spiro atoms. The van der Waals surface area contributed by atoms with Crippen molar-refractivity contribution in [3.05, 3.63) is 64.6 Å². The first-order valence-corrected chi connectivity index (χ1v) is 10.6. The van der Waals surface area contributed by atoms with Gasteiger partial charge in [0.1, 0.15) is 36.7 Å². The predicted molar refractivity (Wildman–Crippen MR) is 120 cm³/mol. The lowest BCUT2D eigenvalue weighted by Crippen LogP contribution is -2.60. The molecule has 2 heterocycles. The van der Waals surface area contributed by atoms with E-state index in [1.54, 1.807) is 43.3 Å². The summed E-state index contributed by atoms with van der Waals surface area (Å²) in [6, 6.07) is 12.2. The third-order valence-electron chi connectivity index (χ3n) is 5.88. The van der Waals surface area contributed by atoms with Crippen molar-refractivity contribution < 1.29 is 39.8 Å². The van der Waals surface area contributed by atoms with Gasteiger partial charge in [0.2, 0.25) is 6.29 Å². The summed E-state index contributed by atoms with van der Waals surface area (Å²) in [6.45, 7) is 0.782. The number of aliphatic hydroxyl groups is 4. The number of aromatic nitrogens is 1. The van der Waals surface area contributed by atoms with Crippen LogP contribution < -0.4 is 10.3 Å². The van der Waals surface area contributed by atoms with Crippen molar-refractivity contribution in [2.75, 3.05) is 6.61 Å². The summed E-state index contributed by atoms with van der Waals surface area (Å²) in [5.41, 5.74) is 1.78. The third kappa shape index (κ3) is 4.54. The van der Waals surface area contributed by atoms with Gasteiger partial charge >= 0.3 is 5.97 Å². The molecule has 5 atom stereocenters. The zero-order valence-corrected chi connectivity index (χ0v) is 18.2. The van der Waals surface area contributed by atoms with Gasteiger partial charge < -0.3 is 39.6 Å². The number of carboxylic acids is 1. The van der Waals surface area contributed by atoms with Crippen LogP contribution in [0.25, 0.3) is 21.9 Å². The molecule has 34 heavy (non-hydrogen) atoms. The van der Waals surface area contributed by atoms with Gasteiger partial charge in [-0.3, -0.25) is 9.59 Å². The lowest BCUT2D eigenvalue weighted by Gasteiger charge is -2.39. The van der Waals surface area contributed by atoms with E-state index >= 15 is 0 Å². The molecule has 0 amide bonds. The van der Waals surface area contributed by atoms with Crippen molar-refractivity contribution in [1.29, 1.82) is 0 Å². The van der Waals surface area contributed by atoms with E-state index < -0.39 is 55.4 Å². The Bertz CT molecular complexity index is 1270. The molecule has 1 aliphatic heterocycles. The first-order chi connectivity index (χ1) is 16.2. The van der Waals surface area contributed by atoms with Gasteiger partial charge in [-0.2, -0.15) is 0 Å². The molecule has 0 radical (unpaired) electrons. The number of aryl methyl sites for hydroxylation is 1. The molecular formula is C24H25NO9. The Labute approximate surface area is 193 Å². The van der Waals surface area contributed by atoms with E-state index in [4.69, 9.17) is 14.6 Å². The maximum Gasteiger partial charge on any atom is 0.323 e. The molecular weight excluding hydrogens is 446 g/mol. The fourth-order valence-electron chi connectivity index (χ4n) is 3.98. The van der Waals surface area contributed by atoms with Crippen LogP contribution in [0.4, 0.5) is 0 Å². The molecule has 5 unspecified atom stereocenters. The molecule has 1 fully saturated rings. The number of aliphatic hydroxyl groups excluding tert-OH is 4. The van der Waals surface area contributed by atoms with Crippen LogP contribution in [0.5, 0.6) is 5.75 Å². The van der Waals surface area contributed by atoms with E-state index in [1.807, 2.05) is 6.07 Å². The molecule has 10 nitrogen and oxygen atoms in total. The molecule has 2 aromatic carbocycles. The van der Waals surface area contributed by atoms with Gasteiger partial charge in [0.15, 0.2) is 0 Å². The molecule has 4 rings (SSSR count). The Morgan fingerprint density at radius 1 is 1.03 bits per heavy atom. The first kappa shape index (κ1) is 23.9. The molecule has 5 N–H and O–H groups in total. The Morgan fingerprint density at radius 2 is 1.74 bits per heavy atom. The highest BCUT2D eigenvalue weighted by molar-refractivity contribution is 5.87. The number of hydrogen-bond acceptors (Lipinski definition) is 8. The van der Waals surface area contributed by atoms with Crippen LogP contribution in [0, 0.1) is 6.92 Å². The van der Waals surface area contributed by atoms with Crippen LogP contribution in [0.3, 0.4) is 0 Å². The first-order valence-electron chi connectivity index (χ1n) is 10.6. The predicted octanol–water partition coefficient (Wildman–Crippen LogP) is 0.240. The highest BCUT2D eigenvalue weighted by Crippen LogP contribution is 2.30. The number of fused-ring (bicyclic) bond motifs is 1. The zero-order valence-electron chi connectivity index (χ0n) is 18.2. The average Bonchev–Trinajstić information content (AvgIpc) is 2.82. The number of carbonyl (C=O) groups is 1. The number of ether oxygens (including phenoxy) is 2. The van der Waals surface area contributed by atoms with Crippen molar-refractivity contribution in [1.82, 2.24) is 4.57 Å². The number of pyridine rings is 1. The van der Waals surface area contributed by atoms with Crippen LogP contribution in [-0.4, -0.2) is 73.4 Å². The third-order valence-corrected chi connectivity index (χ3v) is 5.88. The molecule has 1 aliphatic rings. The summed E-state index contributed by atoms with van der Waals surface area (Å²) >= 11 is 0. The normalized spacial score (nSPS) is 24.8. The zero-order chi connectivity index (χ0) is 24.6. The molecule has 10 heteroatoms. The van der Waals surface area contributed by atoms with Crippen LogP contribution >= 0.6 is 0 Å². The number of rotatable bonds is 6. The van der Waals surface area contributed by atoms with Crippen LogP contribution in [0.15, 0.2) is 53.5 Å². The molecule has 1 aromatic heterocycles. The minimum absolute atomic E-state index is 0.359. The molecule has 1 saturated heterocycles. The Balaban J connectivity index is 1.61. The Kier molecular flexibility index (Phi) is 6.69. The number of aliphatic carboxylic acids is 1. The van der Waals surface area contributed by atoms with Gasteiger partial charge in [0.25, 0.3) is 5.56 Å². The second-order valence-corrected chi connectivity index (χ2v) is 8.24. The van der Waals surface area contributed by atoms with Crippen molar-refractivity contribution >= 4 is 16.7 Å². The summed E-state index contributed by atoms with van der Waals surface area (Å²) in [5.74, 6) is -0.749. The highest BCUT2D eigenvalue weighted by atomic mass is 16.7. The summed E-state index contributed by atoms with van der Waals surface area (Å²) < 4.78 is 12.2. The Hall–Kier alpha value is -3.28. The second-order valence-electron chi connectivity index (χ2n) is 8.24. The number of carboxylic acid groups (broad SMARTS) is 1. The van der Waals surface area contributed by atoms with Crippen LogP contribution in [0.2, 0.25) is 0 Å². The minimum Gasteiger partial charge on any atom is -0.480 e. The maximum absolute atomic E-state index is 12.7. The van der Waals surface area contributed by atoms with Crippen LogP contribution in [0.1, 0.15) is 5.56 Å². The monoisotopic (exact) mass is 471 g/mol. The van der Waals surface area contributed by atoms with E-state index in [9.17, 15) is 30.0 Å². The minimum atomic E-state index is -1.54. The maximum atomic E-state index is 12.7. The van der Waals surface area contributed by atoms with Crippen molar-refractivity contribution in [2.24, 2.45) is 0 Å². The standard InChI is InChI=1S/C24H25NO9/c1-12-8-14(4-5-17(12)33-24-22(31)21(30)20(29)18(11-26)34-24)15-3-2-13-6-7-25(10-19(27)28)23(32)16(13)9-15/h2-9,18,20-22,24,26,29-31H,10-11H2,1H3,(H,27,28). The van der Waals surface area contributed by atoms with Crippen molar-refractivity contribution in [3.8, 4) is 16.9 Å². The van der Waals surface area contributed by atoms with E-state index in [0.29, 0.717) is 22.1 Å². The van der Waals surface area contributed by atoms with Crippen LogP contribution in [-0.2, 0) is 16.1 Å². The summed E-state index contributed by atoms with van der Waals surface area (Å²) in [6.07, 6.45) is -5.47. The quantitative estimate of drug-likeness (QED) is 0.339. The van der Waals surface area contributed by atoms with Gasteiger partial charge in [-0.15, -0.1) is 0 Å². The van der Waals surface area contributed by atoms with Crippen molar-refractivity contribution in [3.63, 3.8) is 0 Å². The molecule has 0 saturated carbocycles. The summed E-state index contributed by atoms with van der Waals surface area (Å²) in [4.78, 5) is 23.7. The van der Waals surface area contributed by atoms with Gasteiger partial charge in [-0.05, 0) is 53.3 Å². The van der Waals surface area contributed by atoms with E-state index in [1.165, 1.54) is 6.20 Å².